The molecule has 0 spiro atoms. The SMILES string of the molecule is O=C(OC[C@H]1O[C@H](O)[C@H](OC(=O)c2ccccc2)[C@@H]1OC(=O)c1ccccc1)c1ccccc1. The van der Waals surface area contributed by atoms with Gasteiger partial charge in [0.25, 0.3) is 0 Å². The number of rotatable bonds is 7. The van der Waals surface area contributed by atoms with E-state index in [2.05, 4.69) is 0 Å². The molecule has 0 unspecified atom stereocenters. The maximum atomic E-state index is 12.7. The van der Waals surface area contributed by atoms with E-state index in [0.717, 1.165) is 0 Å². The highest BCUT2D eigenvalue weighted by molar-refractivity contribution is 5.90. The standard InChI is InChI=1S/C26H22O8/c27-23(17-10-4-1-5-11-17)31-16-20-21(33-24(28)18-12-6-2-7-13-18)22(26(30)32-20)34-25(29)19-14-8-3-9-15-19/h1-15,20-22,26,30H,16H2/t20-,21-,22-,26+/m1/s1. The number of esters is 3. The zero-order valence-corrected chi connectivity index (χ0v) is 18.0. The molecule has 0 bridgehead atoms. The van der Waals surface area contributed by atoms with Crippen molar-refractivity contribution in [2.45, 2.75) is 24.6 Å². The quantitative estimate of drug-likeness (QED) is 0.422. The molecule has 1 heterocycles. The van der Waals surface area contributed by atoms with Gasteiger partial charge in [0.2, 0.25) is 0 Å². The summed E-state index contributed by atoms with van der Waals surface area (Å²) in [7, 11) is 0. The summed E-state index contributed by atoms with van der Waals surface area (Å²) >= 11 is 0. The van der Waals surface area contributed by atoms with Crippen LogP contribution in [0.15, 0.2) is 91.0 Å². The van der Waals surface area contributed by atoms with Crippen molar-refractivity contribution in [3.63, 3.8) is 0 Å². The molecule has 0 saturated carbocycles. The van der Waals surface area contributed by atoms with E-state index < -0.39 is 42.5 Å². The minimum Gasteiger partial charge on any atom is -0.459 e. The van der Waals surface area contributed by atoms with Gasteiger partial charge < -0.3 is 24.1 Å². The van der Waals surface area contributed by atoms with E-state index in [-0.39, 0.29) is 17.7 Å². The fourth-order valence-electron chi connectivity index (χ4n) is 3.46. The second-order valence-corrected chi connectivity index (χ2v) is 7.50. The molecule has 4 rings (SSSR count). The first kappa shape index (κ1) is 23.2. The number of benzene rings is 3. The highest BCUT2D eigenvalue weighted by atomic mass is 16.7. The first-order valence-corrected chi connectivity index (χ1v) is 10.6. The maximum Gasteiger partial charge on any atom is 0.338 e. The van der Waals surface area contributed by atoms with Gasteiger partial charge in [0, 0.05) is 0 Å². The molecule has 3 aromatic carbocycles. The van der Waals surface area contributed by atoms with E-state index in [4.69, 9.17) is 18.9 Å². The third-order valence-electron chi connectivity index (χ3n) is 5.18. The van der Waals surface area contributed by atoms with Gasteiger partial charge in [-0.2, -0.15) is 0 Å². The number of aliphatic hydroxyl groups is 1. The highest BCUT2D eigenvalue weighted by Crippen LogP contribution is 2.28. The molecule has 1 aliphatic heterocycles. The first-order chi connectivity index (χ1) is 16.5. The van der Waals surface area contributed by atoms with Crippen LogP contribution in [0.2, 0.25) is 0 Å². The second kappa shape index (κ2) is 10.7. The molecular weight excluding hydrogens is 440 g/mol. The lowest BCUT2D eigenvalue weighted by Gasteiger charge is -2.23. The Morgan fingerprint density at radius 1 is 0.647 bits per heavy atom. The molecule has 34 heavy (non-hydrogen) atoms. The largest absolute Gasteiger partial charge is 0.459 e. The number of aliphatic hydroxyl groups excluding tert-OH is 1. The molecule has 0 aromatic heterocycles. The van der Waals surface area contributed by atoms with Gasteiger partial charge in [0.1, 0.15) is 12.7 Å². The number of ether oxygens (including phenoxy) is 4. The molecule has 1 N–H and O–H groups in total. The van der Waals surface area contributed by atoms with E-state index >= 15 is 0 Å². The van der Waals surface area contributed by atoms with Crippen molar-refractivity contribution in [1.29, 1.82) is 0 Å². The molecular formula is C26H22O8. The zero-order valence-electron chi connectivity index (χ0n) is 18.0. The summed E-state index contributed by atoms with van der Waals surface area (Å²) in [6.45, 7) is -0.336. The van der Waals surface area contributed by atoms with Crippen LogP contribution >= 0.6 is 0 Å². The molecule has 1 saturated heterocycles. The van der Waals surface area contributed by atoms with Gasteiger partial charge in [-0.15, -0.1) is 0 Å². The maximum absolute atomic E-state index is 12.7. The van der Waals surface area contributed by atoms with Crippen LogP contribution in [0.5, 0.6) is 0 Å². The van der Waals surface area contributed by atoms with Crippen molar-refractivity contribution in [2.75, 3.05) is 6.61 Å². The minimum absolute atomic E-state index is 0.252. The molecule has 0 radical (unpaired) electrons. The van der Waals surface area contributed by atoms with Crippen molar-refractivity contribution in [3.05, 3.63) is 108 Å². The summed E-state index contributed by atoms with van der Waals surface area (Å²) < 4.78 is 21.8. The topological polar surface area (TPSA) is 108 Å². The molecule has 1 fully saturated rings. The molecule has 8 heteroatoms. The molecule has 8 nitrogen and oxygen atoms in total. The third-order valence-corrected chi connectivity index (χ3v) is 5.18. The Kier molecular flexibility index (Phi) is 7.31. The van der Waals surface area contributed by atoms with Gasteiger partial charge in [-0.3, -0.25) is 0 Å². The van der Waals surface area contributed by atoms with Gasteiger partial charge in [0.15, 0.2) is 18.5 Å². The van der Waals surface area contributed by atoms with E-state index in [9.17, 15) is 19.5 Å². The fourth-order valence-corrected chi connectivity index (χ4v) is 3.46. The van der Waals surface area contributed by atoms with Crippen molar-refractivity contribution in [2.24, 2.45) is 0 Å². The summed E-state index contributed by atoms with van der Waals surface area (Å²) in [5.74, 6) is -2.05. The van der Waals surface area contributed by atoms with Gasteiger partial charge >= 0.3 is 17.9 Å². The van der Waals surface area contributed by atoms with E-state index in [1.54, 1.807) is 91.0 Å². The van der Waals surface area contributed by atoms with Gasteiger partial charge in [-0.1, -0.05) is 54.6 Å². The summed E-state index contributed by atoms with van der Waals surface area (Å²) in [4.78, 5) is 37.6. The Balaban J connectivity index is 1.51. The number of carbonyl (C=O) groups excluding carboxylic acids is 3. The first-order valence-electron chi connectivity index (χ1n) is 10.6. The highest BCUT2D eigenvalue weighted by Gasteiger charge is 2.50. The molecule has 0 aliphatic carbocycles. The molecule has 3 aromatic rings. The van der Waals surface area contributed by atoms with Crippen LogP contribution in [0, 0.1) is 0 Å². The van der Waals surface area contributed by atoms with Crippen LogP contribution in [0.4, 0.5) is 0 Å². The van der Waals surface area contributed by atoms with Crippen molar-refractivity contribution >= 4 is 17.9 Å². The smallest absolute Gasteiger partial charge is 0.338 e. The molecule has 1 aliphatic rings. The fraction of sp³-hybridized carbons (Fsp3) is 0.192. The monoisotopic (exact) mass is 462 g/mol. The third kappa shape index (κ3) is 5.48. The number of hydrogen-bond donors (Lipinski definition) is 1. The lowest BCUT2D eigenvalue weighted by Crippen LogP contribution is -2.42. The summed E-state index contributed by atoms with van der Waals surface area (Å²) in [5, 5.41) is 10.5. The van der Waals surface area contributed by atoms with Crippen LogP contribution in [0.3, 0.4) is 0 Å². The Morgan fingerprint density at radius 3 is 1.53 bits per heavy atom. The Morgan fingerprint density at radius 2 is 1.06 bits per heavy atom. The Hall–Kier alpha value is -4.01. The van der Waals surface area contributed by atoms with Crippen molar-refractivity contribution in [1.82, 2.24) is 0 Å². The van der Waals surface area contributed by atoms with E-state index in [1.807, 2.05) is 0 Å². The van der Waals surface area contributed by atoms with Gasteiger partial charge in [-0.05, 0) is 36.4 Å². The summed E-state index contributed by atoms with van der Waals surface area (Å²) in [6.07, 6.45) is -5.22. The Bertz CT molecular complexity index is 1120. The van der Waals surface area contributed by atoms with E-state index in [1.165, 1.54) is 0 Å². The average Bonchev–Trinajstić information content (AvgIpc) is 3.17. The predicted molar refractivity (Wildman–Crippen MR) is 119 cm³/mol. The van der Waals surface area contributed by atoms with Crippen molar-refractivity contribution in [3.8, 4) is 0 Å². The van der Waals surface area contributed by atoms with Crippen molar-refractivity contribution < 1.29 is 38.4 Å². The predicted octanol–water partition coefficient (Wildman–Crippen LogP) is 3.01. The number of carbonyl (C=O) groups is 3. The summed E-state index contributed by atoms with van der Waals surface area (Å²) in [5.41, 5.74) is 0.838. The van der Waals surface area contributed by atoms with Crippen LogP contribution in [0.1, 0.15) is 31.1 Å². The lowest BCUT2D eigenvalue weighted by molar-refractivity contribution is -0.135. The second-order valence-electron chi connectivity index (χ2n) is 7.50. The Labute approximate surface area is 195 Å². The normalized spacial score (nSPS) is 21.4. The molecule has 4 atom stereocenters. The summed E-state index contributed by atoms with van der Waals surface area (Å²) in [6, 6.07) is 24.7. The van der Waals surface area contributed by atoms with E-state index in [0.29, 0.717) is 5.56 Å². The van der Waals surface area contributed by atoms with Crippen LogP contribution in [0.25, 0.3) is 0 Å². The molecule has 174 valence electrons. The van der Waals surface area contributed by atoms with Crippen LogP contribution in [-0.2, 0) is 18.9 Å². The minimum atomic E-state index is -1.60. The number of hydrogen-bond acceptors (Lipinski definition) is 8. The average molecular weight is 462 g/mol. The zero-order chi connectivity index (χ0) is 23.9. The lowest BCUT2D eigenvalue weighted by atomic mass is 10.1. The van der Waals surface area contributed by atoms with Crippen LogP contribution < -0.4 is 0 Å². The van der Waals surface area contributed by atoms with Crippen LogP contribution in [-0.4, -0.2) is 54.2 Å². The van der Waals surface area contributed by atoms with Gasteiger partial charge in [0.05, 0.1) is 16.7 Å². The molecule has 0 amide bonds. The van der Waals surface area contributed by atoms with Gasteiger partial charge in [-0.25, -0.2) is 14.4 Å².